The van der Waals surface area contributed by atoms with Gasteiger partial charge >= 0.3 is 0 Å². The average Bonchev–Trinajstić information content (AvgIpc) is 2.84. The fourth-order valence-electron chi connectivity index (χ4n) is 4.97. The number of hydrogen-bond donors (Lipinski definition) is 2. The van der Waals surface area contributed by atoms with Gasteiger partial charge in [0.1, 0.15) is 11.4 Å². The van der Waals surface area contributed by atoms with Gasteiger partial charge in [0.25, 0.3) is 0 Å². The van der Waals surface area contributed by atoms with Gasteiger partial charge in [-0.25, -0.2) is 0 Å². The van der Waals surface area contributed by atoms with Crippen LogP contribution in [0.5, 0.6) is 5.75 Å². The minimum absolute atomic E-state index is 0.0536. The van der Waals surface area contributed by atoms with Crippen LogP contribution in [0.3, 0.4) is 0 Å². The molecule has 2 unspecified atom stereocenters. The molecule has 4 rings (SSSR count). The predicted molar refractivity (Wildman–Crippen MR) is 126 cm³/mol. The number of quaternary nitrogens is 1. The maximum Gasteiger partial charge on any atom is 0.127 e. The topological polar surface area (TPSA) is 33.9 Å². The number of aliphatic hydroxyl groups is 1. The zero-order valence-electron chi connectivity index (χ0n) is 18.5. The van der Waals surface area contributed by atoms with Gasteiger partial charge in [0.15, 0.2) is 0 Å². The van der Waals surface area contributed by atoms with Crippen molar-refractivity contribution in [3.05, 3.63) is 102 Å². The van der Waals surface area contributed by atoms with Crippen molar-refractivity contribution in [1.82, 2.24) is 0 Å². The number of ether oxygens (including phenoxy) is 1. The first-order chi connectivity index (χ1) is 15.2. The molecule has 3 aromatic carbocycles. The third-order valence-electron chi connectivity index (χ3n) is 6.58. The van der Waals surface area contributed by atoms with Gasteiger partial charge in [-0.3, -0.25) is 0 Å². The van der Waals surface area contributed by atoms with Crippen LogP contribution in [0.4, 0.5) is 0 Å². The first-order valence-corrected chi connectivity index (χ1v) is 11.6. The van der Waals surface area contributed by atoms with Crippen molar-refractivity contribution < 1.29 is 14.7 Å². The summed E-state index contributed by atoms with van der Waals surface area (Å²) in [6.45, 7) is 5.88. The summed E-state index contributed by atoms with van der Waals surface area (Å²) < 4.78 is 5.66. The molecule has 0 radical (unpaired) electrons. The Bertz CT molecular complexity index is 920. The highest BCUT2D eigenvalue weighted by atomic mass is 16.5. The predicted octanol–water partition coefficient (Wildman–Crippen LogP) is 4.17. The maximum atomic E-state index is 12.6. The van der Waals surface area contributed by atoms with Crippen LogP contribution in [0, 0.1) is 0 Å². The standard InChI is InChI=1S/C28H33NO2/c1-2-31-26-18-16-25(17-19-26)28(30,24-14-8-4-9-15-24)27(23-12-6-3-7-13-23)22-29-20-10-5-11-21-29/h3-4,6-9,12-19,27,30H,2,5,10-11,20-22H2,1H3/p+1. The van der Waals surface area contributed by atoms with Crippen LogP contribution in [-0.2, 0) is 5.60 Å². The third-order valence-corrected chi connectivity index (χ3v) is 6.58. The van der Waals surface area contributed by atoms with Crippen molar-refractivity contribution in [3.8, 4) is 5.75 Å². The molecule has 3 aromatic rings. The largest absolute Gasteiger partial charge is 0.494 e. The molecule has 1 heterocycles. The van der Waals surface area contributed by atoms with Gasteiger partial charge in [-0.2, -0.15) is 0 Å². The third kappa shape index (κ3) is 4.84. The van der Waals surface area contributed by atoms with E-state index in [0.717, 1.165) is 23.4 Å². The summed E-state index contributed by atoms with van der Waals surface area (Å²) in [5.41, 5.74) is 1.90. The SMILES string of the molecule is CCOc1ccc(C(O)(c2ccccc2)C(C[NH+]2CCCCC2)c2ccccc2)cc1. The Morgan fingerprint density at radius 2 is 1.39 bits per heavy atom. The Balaban J connectivity index is 1.81. The Labute approximate surface area is 186 Å². The molecule has 0 saturated carbocycles. The summed E-state index contributed by atoms with van der Waals surface area (Å²) in [5.74, 6) is 0.779. The molecular formula is C28H34NO2+. The summed E-state index contributed by atoms with van der Waals surface area (Å²) in [4.78, 5) is 1.58. The lowest BCUT2D eigenvalue weighted by Gasteiger charge is -2.39. The van der Waals surface area contributed by atoms with Crippen molar-refractivity contribution >= 4 is 0 Å². The van der Waals surface area contributed by atoms with E-state index < -0.39 is 5.60 Å². The van der Waals surface area contributed by atoms with E-state index in [9.17, 15) is 5.11 Å². The van der Waals surface area contributed by atoms with E-state index in [1.54, 1.807) is 4.90 Å². The molecule has 1 saturated heterocycles. The fourth-order valence-corrected chi connectivity index (χ4v) is 4.97. The highest BCUT2D eigenvalue weighted by molar-refractivity contribution is 5.43. The van der Waals surface area contributed by atoms with Crippen LogP contribution in [0.25, 0.3) is 0 Å². The van der Waals surface area contributed by atoms with Crippen LogP contribution in [0.15, 0.2) is 84.9 Å². The quantitative estimate of drug-likeness (QED) is 0.578. The lowest BCUT2D eigenvalue weighted by atomic mass is 9.72. The highest BCUT2D eigenvalue weighted by Crippen LogP contribution is 2.42. The Morgan fingerprint density at radius 1 is 0.806 bits per heavy atom. The second-order valence-electron chi connectivity index (χ2n) is 8.57. The van der Waals surface area contributed by atoms with Crippen molar-refractivity contribution in [2.24, 2.45) is 0 Å². The average molecular weight is 417 g/mol. The van der Waals surface area contributed by atoms with E-state index in [1.807, 2.05) is 55.5 Å². The first kappa shape index (κ1) is 21.6. The smallest absolute Gasteiger partial charge is 0.127 e. The summed E-state index contributed by atoms with van der Waals surface area (Å²) in [6.07, 6.45) is 3.86. The Hall–Kier alpha value is -2.62. The van der Waals surface area contributed by atoms with Gasteiger partial charge in [-0.15, -0.1) is 0 Å². The van der Waals surface area contributed by atoms with Crippen molar-refractivity contribution in [3.63, 3.8) is 0 Å². The van der Waals surface area contributed by atoms with Crippen molar-refractivity contribution in [1.29, 1.82) is 0 Å². The van der Waals surface area contributed by atoms with E-state index in [2.05, 4.69) is 36.4 Å². The molecule has 0 aromatic heterocycles. The molecule has 0 amide bonds. The van der Waals surface area contributed by atoms with Crippen molar-refractivity contribution in [2.75, 3.05) is 26.2 Å². The molecule has 31 heavy (non-hydrogen) atoms. The van der Waals surface area contributed by atoms with Crippen LogP contribution in [0.2, 0.25) is 0 Å². The minimum Gasteiger partial charge on any atom is -0.494 e. The lowest BCUT2D eigenvalue weighted by molar-refractivity contribution is -0.907. The van der Waals surface area contributed by atoms with E-state index >= 15 is 0 Å². The van der Waals surface area contributed by atoms with Crippen LogP contribution >= 0.6 is 0 Å². The number of likely N-dealkylation sites (tertiary alicyclic amines) is 1. The Kier molecular flexibility index (Phi) is 7.06. The van der Waals surface area contributed by atoms with Gasteiger partial charge in [-0.05, 0) is 55.0 Å². The second kappa shape index (κ2) is 10.1. The summed E-state index contributed by atoms with van der Waals surface area (Å²) in [7, 11) is 0. The van der Waals surface area contributed by atoms with Crippen LogP contribution in [-0.4, -0.2) is 31.3 Å². The van der Waals surface area contributed by atoms with E-state index in [-0.39, 0.29) is 5.92 Å². The van der Waals surface area contributed by atoms with Gasteiger partial charge in [0.05, 0.1) is 32.2 Å². The molecule has 1 aliphatic rings. The molecule has 1 aliphatic heterocycles. The number of nitrogens with one attached hydrogen (secondary N) is 1. The summed E-state index contributed by atoms with van der Waals surface area (Å²) in [6, 6.07) is 28.7. The molecule has 2 atom stereocenters. The van der Waals surface area contributed by atoms with Crippen LogP contribution in [0.1, 0.15) is 48.8 Å². The van der Waals surface area contributed by atoms with Gasteiger partial charge < -0.3 is 14.7 Å². The Morgan fingerprint density at radius 3 is 2.00 bits per heavy atom. The van der Waals surface area contributed by atoms with E-state index in [4.69, 9.17) is 4.74 Å². The molecule has 0 spiro atoms. The first-order valence-electron chi connectivity index (χ1n) is 11.6. The second-order valence-corrected chi connectivity index (χ2v) is 8.57. The molecule has 1 fully saturated rings. The highest BCUT2D eigenvalue weighted by Gasteiger charge is 2.43. The number of hydrogen-bond acceptors (Lipinski definition) is 2. The number of benzene rings is 3. The molecular weight excluding hydrogens is 382 g/mol. The maximum absolute atomic E-state index is 12.6. The van der Waals surface area contributed by atoms with E-state index in [0.29, 0.717) is 6.61 Å². The number of rotatable bonds is 8. The summed E-state index contributed by atoms with van der Waals surface area (Å²) >= 11 is 0. The zero-order valence-corrected chi connectivity index (χ0v) is 18.5. The zero-order chi connectivity index (χ0) is 21.5. The van der Waals surface area contributed by atoms with Gasteiger partial charge in [0, 0.05) is 0 Å². The summed E-state index contributed by atoms with van der Waals surface area (Å²) in [5, 5.41) is 12.6. The number of piperidine rings is 1. The van der Waals surface area contributed by atoms with Crippen LogP contribution < -0.4 is 9.64 Å². The molecule has 3 nitrogen and oxygen atoms in total. The van der Waals surface area contributed by atoms with Crippen molar-refractivity contribution in [2.45, 2.75) is 37.7 Å². The molecule has 0 aliphatic carbocycles. The fraction of sp³-hybridized carbons (Fsp3) is 0.357. The van der Waals surface area contributed by atoms with Gasteiger partial charge in [0.2, 0.25) is 0 Å². The molecule has 162 valence electrons. The molecule has 2 N–H and O–H groups in total. The minimum atomic E-state index is -1.13. The normalized spacial score (nSPS) is 17.6. The monoisotopic (exact) mass is 416 g/mol. The molecule has 3 heteroatoms. The van der Waals surface area contributed by atoms with Gasteiger partial charge in [-0.1, -0.05) is 72.8 Å². The molecule has 0 bridgehead atoms. The lowest BCUT2D eigenvalue weighted by Crippen LogP contribution is -3.13. The van der Waals surface area contributed by atoms with E-state index in [1.165, 1.54) is 37.9 Å².